The van der Waals surface area contributed by atoms with Gasteiger partial charge in [0.2, 0.25) is 11.7 Å². The molecule has 0 unspecified atom stereocenters. The van der Waals surface area contributed by atoms with Crippen LogP contribution in [0.3, 0.4) is 0 Å². The molecule has 1 N–H and O–H groups in total. The van der Waals surface area contributed by atoms with Gasteiger partial charge < -0.3 is 14.6 Å². The number of aromatic nitrogens is 2. The highest BCUT2D eigenvalue weighted by Crippen LogP contribution is 2.25. The van der Waals surface area contributed by atoms with Crippen LogP contribution >= 0.6 is 11.6 Å². The number of ether oxygens (including phenoxy) is 1. The van der Waals surface area contributed by atoms with Crippen molar-refractivity contribution in [1.82, 2.24) is 9.55 Å². The highest BCUT2D eigenvalue weighted by atomic mass is 35.5. The molecule has 0 aliphatic heterocycles. The zero-order valence-corrected chi connectivity index (χ0v) is 16.9. The van der Waals surface area contributed by atoms with Crippen LogP contribution in [0, 0.1) is 26.6 Å². The Morgan fingerprint density at radius 2 is 1.96 bits per heavy atom. The summed E-state index contributed by atoms with van der Waals surface area (Å²) >= 11 is 5.90. The first-order chi connectivity index (χ1) is 13.3. The van der Waals surface area contributed by atoms with Crippen LogP contribution in [0.25, 0.3) is 0 Å². The molecule has 0 spiro atoms. The number of nitrogens with one attached hydrogen (secondary N) is 1. The van der Waals surface area contributed by atoms with Crippen molar-refractivity contribution in [3.63, 3.8) is 0 Å². The van der Waals surface area contributed by atoms with Crippen LogP contribution in [0.5, 0.6) is 5.75 Å². The molecule has 0 saturated carbocycles. The lowest BCUT2D eigenvalue weighted by Crippen LogP contribution is -2.19. The number of nitrogens with zero attached hydrogens (tertiary/aromatic N) is 2. The van der Waals surface area contributed by atoms with Crippen LogP contribution < -0.4 is 15.6 Å². The molecule has 2 aromatic carbocycles. The maximum absolute atomic E-state index is 13.5. The summed E-state index contributed by atoms with van der Waals surface area (Å²) in [5.74, 6) is 0.000452. The minimum atomic E-state index is -0.481. The molecule has 0 radical (unpaired) electrons. The molecule has 0 amide bonds. The van der Waals surface area contributed by atoms with E-state index in [9.17, 15) is 9.18 Å². The fourth-order valence-electron chi connectivity index (χ4n) is 2.96. The van der Waals surface area contributed by atoms with Crippen LogP contribution in [0.1, 0.15) is 22.3 Å². The van der Waals surface area contributed by atoms with E-state index in [-0.39, 0.29) is 10.8 Å². The summed E-state index contributed by atoms with van der Waals surface area (Å²) in [4.78, 5) is 16.4. The van der Waals surface area contributed by atoms with Crippen molar-refractivity contribution in [2.24, 2.45) is 0 Å². The Hall–Kier alpha value is -2.86. The smallest absolute Gasteiger partial charge is 0.316 e. The number of benzene rings is 2. The summed E-state index contributed by atoms with van der Waals surface area (Å²) in [5, 5.41) is 3.29. The van der Waals surface area contributed by atoms with E-state index >= 15 is 0 Å². The third-order valence-electron chi connectivity index (χ3n) is 4.58. The van der Waals surface area contributed by atoms with E-state index in [4.69, 9.17) is 16.3 Å². The maximum atomic E-state index is 13.5. The summed E-state index contributed by atoms with van der Waals surface area (Å²) in [6.45, 7) is 6.37. The molecule has 0 aliphatic rings. The van der Waals surface area contributed by atoms with Gasteiger partial charge in [0.15, 0.2) is 0 Å². The normalized spacial score (nSPS) is 10.8. The minimum absolute atomic E-state index is 0.0399. The molecule has 0 bridgehead atoms. The molecule has 3 rings (SSSR count). The molecule has 0 aliphatic carbocycles. The van der Waals surface area contributed by atoms with Crippen molar-refractivity contribution in [3.8, 4) is 5.75 Å². The van der Waals surface area contributed by atoms with E-state index in [0.29, 0.717) is 12.5 Å². The predicted octanol–water partition coefficient (Wildman–Crippen LogP) is 4.76. The van der Waals surface area contributed by atoms with E-state index < -0.39 is 11.4 Å². The van der Waals surface area contributed by atoms with Gasteiger partial charge in [-0.2, -0.15) is 4.98 Å². The van der Waals surface area contributed by atoms with Crippen molar-refractivity contribution >= 4 is 23.2 Å². The van der Waals surface area contributed by atoms with Crippen molar-refractivity contribution < 1.29 is 9.13 Å². The monoisotopic (exact) mass is 401 g/mol. The first-order valence-corrected chi connectivity index (χ1v) is 9.10. The zero-order valence-electron chi connectivity index (χ0n) is 16.1. The second-order valence-corrected chi connectivity index (χ2v) is 7.10. The Morgan fingerprint density at radius 1 is 1.21 bits per heavy atom. The third kappa shape index (κ3) is 4.17. The maximum Gasteiger partial charge on any atom is 0.316 e. The summed E-state index contributed by atoms with van der Waals surface area (Å²) < 4.78 is 20.3. The lowest BCUT2D eigenvalue weighted by Gasteiger charge is -2.17. The average molecular weight is 402 g/mol. The number of methoxy groups -OCH3 is 1. The predicted molar refractivity (Wildman–Crippen MR) is 109 cm³/mol. The first kappa shape index (κ1) is 19.9. The van der Waals surface area contributed by atoms with E-state index in [1.807, 2.05) is 26.8 Å². The molecule has 3 aromatic rings. The zero-order chi connectivity index (χ0) is 20.4. The first-order valence-electron chi connectivity index (χ1n) is 8.72. The van der Waals surface area contributed by atoms with Gasteiger partial charge in [-0.3, -0.25) is 4.79 Å². The van der Waals surface area contributed by atoms with E-state index in [2.05, 4.69) is 16.4 Å². The van der Waals surface area contributed by atoms with Gasteiger partial charge in [0.25, 0.3) is 0 Å². The molecule has 28 heavy (non-hydrogen) atoms. The van der Waals surface area contributed by atoms with E-state index in [0.717, 1.165) is 27.9 Å². The molecule has 7 heteroatoms. The van der Waals surface area contributed by atoms with Crippen molar-refractivity contribution in [2.75, 3.05) is 12.4 Å². The van der Waals surface area contributed by atoms with Crippen molar-refractivity contribution in [3.05, 3.63) is 80.0 Å². The van der Waals surface area contributed by atoms with Crippen LogP contribution in [-0.4, -0.2) is 16.7 Å². The summed E-state index contributed by atoms with van der Waals surface area (Å²) in [7, 11) is 1.42. The van der Waals surface area contributed by atoms with Gasteiger partial charge in [-0.05, 0) is 61.2 Å². The molecule has 1 heterocycles. The molecule has 0 atom stereocenters. The topological polar surface area (TPSA) is 56.1 Å². The fraction of sp³-hybridized carbons (Fsp3) is 0.238. The highest BCUT2D eigenvalue weighted by molar-refractivity contribution is 6.30. The van der Waals surface area contributed by atoms with Gasteiger partial charge in [-0.15, -0.1) is 0 Å². The number of rotatable bonds is 5. The van der Waals surface area contributed by atoms with Gasteiger partial charge in [0.05, 0.1) is 24.9 Å². The van der Waals surface area contributed by atoms with Crippen molar-refractivity contribution in [2.45, 2.75) is 27.3 Å². The second-order valence-electron chi connectivity index (χ2n) is 6.69. The van der Waals surface area contributed by atoms with E-state index in [1.54, 1.807) is 22.9 Å². The standard InChI is InChI=1S/C21H21ClFN3O2/c1-12-7-13(2)14(3)18(8-12)24-21-25-20(27)19(28-4)11-26(21)10-15-5-6-17(23)16(22)9-15/h5-9,11H,10H2,1-4H3,(H,24,25,27). The van der Waals surface area contributed by atoms with E-state index in [1.165, 1.54) is 13.2 Å². The number of aryl methyl sites for hydroxylation is 2. The Labute approximate surface area is 167 Å². The van der Waals surface area contributed by atoms with Crippen LogP contribution in [0.15, 0.2) is 41.3 Å². The molecule has 5 nitrogen and oxygen atoms in total. The number of hydrogen-bond donors (Lipinski definition) is 1. The minimum Gasteiger partial charge on any atom is -0.490 e. The Balaban J connectivity index is 2.06. The number of anilines is 2. The summed E-state index contributed by atoms with van der Waals surface area (Å²) in [6, 6.07) is 8.59. The lowest BCUT2D eigenvalue weighted by atomic mass is 10.0. The van der Waals surface area contributed by atoms with Crippen LogP contribution in [-0.2, 0) is 6.54 Å². The molecular formula is C21H21ClFN3O2. The van der Waals surface area contributed by atoms with Gasteiger partial charge in [-0.25, -0.2) is 4.39 Å². The average Bonchev–Trinajstić information content (AvgIpc) is 2.64. The molecular weight excluding hydrogens is 381 g/mol. The highest BCUT2D eigenvalue weighted by Gasteiger charge is 2.12. The van der Waals surface area contributed by atoms with Gasteiger partial charge in [0.1, 0.15) is 5.82 Å². The second kappa shape index (κ2) is 8.02. The Bertz CT molecular complexity index is 1100. The van der Waals surface area contributed by atoms with Crippen molar-refractivity contribution in [1.29, 1.82) is 0 Å². The third-order valence-corrected chi connectivity index (χ3v) is 4.87. The lowest BCUT2D eigenvalue weighted by molar-refractivity contribution is 0.402. The molecule has 1 aromatic heterocycles. The van der Waals surface area contributed by atoms with Gasteiger partial charge in [0, 0.05) is 5.69 Å². The van der Waals surface area contributed by atoms with Crippen LogP contribution in [0.2, 0.25) is 5.02 Å². The number of hydrogen-bond acceptors (Lipinski definition) is 4. The molecule has 146 valence electrons. The Morgan fingerprint density at radius 3 is 2.64 bits per heavy atom. The largest absolute Gasteiger partial charge is 0.490 e. The summed E-state index contributed by atoms with van der Waals surface area (Å²) in [5.41, 5.74) is 4.44. The molecule has 0 saturated heterocycles. The SMILES string of the molecule is COc1cn(Cc2ccc(F)c(Cl)c2)c(Nc2cc(C)cc(C)c2C)nc1=O. The Kier molecular flexibility index (Phi) is 5.70. The molecule has 0 fully saturated rings. The van der Waals surface area contributed by atoms with Gasteiger partial charge >= 0.3 is 5.56 Å². The van der Waals surface area contributed by atoms with Crippen LogP contribution in [0.4, 0.5) is 16.0 Å². The number of halogens is 2. The summed E-state index contributed by atoms with van der Waals surface area (Å²) in [6.07, 6.45) is 1.58. The fourth-order valence-corrected chi connectivity index (χ4v) is 3.16. The van der Waals surface area contributed by atoms with Gasteiger partial charge in [-0.1, -0.05) is 23.7 Å². The quantitative estimate of drug-likeness (QED) is 0.669.